The van der Waals surface area contributed by atoms with E-state index in [1.807, 2.05) is 49.1 Å². The Hall–Kier alpha value is -5.48. The van der Waals surface area contributed by atoms with E-state index < -0.39 is 0 Å². The van der Waals surface area contributed by atoms with Gasteiger partial charge in [0.05, 0.1) is 5.52 Å². The van der Waals surface area contributed by atoms with Crippen LogP contribution in [0.2, 0.25) is 0 Å². The lowest BCUT2D eigenvalue weighted by Gasteiger charge is -2.16. The van der Waals surface area contributed by atoms with Crippen LogP contribution in [0.15, 0.2) is 134 Å². The van der Waals surface area contributed by atoms with Gasteiger partial charge < -0.3 is 9.88 Å². The summed E-state index contributed by atoms with van der Waals surface area (Å²) in [5.41, 5.74) is 12.2. The Kier molecular flexibility index (Phi) is 5.71. The maximum atomic E-state index is 4.16. The molecule has 0 radical (unpaired) electrons. The number of benzene rings is 4. The lowest BCUT2D eigenvalue weighted by molar-refractivity contribution is 0.988. The lowest BCUT2D eigenvalue weighted by atomic mass is 9.96. The summed E-state index contributed by atoms with van der Waals surface area (Å²) < 4.78 is 2.36. The lowest BCUT2D eigenvalue weighted by Crippen LogP contribution is -2.14. The van der Waals surface area contributed by atoms with E-state index in [9.17, 15) is 0 Å². The normalized spacial score (nSPS) is 13.3. The summed E-state index contributed by atoms with van der Waals surface area (Å²) >= 11 is 0. The number of dihydropyridines is 1. The van der Waals surface area contributed by atoms with Gasteiger partial charge in [-0.3, -0.25) is 9.97 Å². The molecule has 1 N–H and O–H groups in total. The number of pyridine rings is 2. The van der Waals surface area contributed by atoms with Crippen molar-refractivity contribution in [3.63, 3.8) is 0 Å². The van der Waals surface area contributed by atoms with E-state index in [0.717, 1.165) is 12.1 Å². The first-order chi connectivity index (χ1) is 20.7. The number of aryl methyl sites for hydroxylation is 1. The van der Waals surface area contributed by atoms with Crippen LogP contribution in [0.1, 0.15) is 11.1 Å². The highest BCUT2D eigenvalue weighted by Gasteiger charge is 2.15. The second-order valence-corrected chi connectivity index (χ2v) is 10.9. The van der Waals surface area contributed by atoms with Crippen LogP contribution in [0.3, 0.4) is 0 Å². The highest BCUT2D eigenvalue weighted by atomic mass is 14.9. The number of nitrogens with one attached hydrogen (secondary N) is 1. The summed E-state index contributed by atoms with van der Waals surface area (Å²) in [4.78, 5) is 8.30. The average molecular weight is 541 g/mol. The molecule has 4 heteroatoms. The Morgan fingerprint density at radius 2 is 1.17 bits per heavy atom. The van der Waals surface area contributed by atoms with Crippen LogP contribution in [0.25, 0.3) is 66.0 Å². The van der Waals surface area contributed by atoms with Gasteiger partial charge >= 0.3 is 0 Å². The van der Waals surface area contributed by atoms with E-state index in [0.29, 0.717) is 0 Å². The molecule has 4 aromatic carbocycles. The first kappa shape index (κ1) is 24.3. The average Bonchev–Trinajstić information content (AvgIpc) is 3.36. The fourth-order valence-corrected chi connectivity index (χ4v) is 6.28. The summed E-state index contributed by atoms with van der Waals surface area (Å²) in [7, 11) is 2.19. The summed E-state index contributed by atoms with van der Waals surface area (Å²) in [6.07, 6.45) is 11.7. The van der Waals surface area contributed by atoms with E-state index in [2.05, 4.69) is 112 Å². The quantitative estimate of drug-likeness (QED) is 0.243. The Morgan fingerprint density at radius 3 is 1.93 bits per heavy atom. The van der Waals surface area contributed by atoms with Crippen molar-refractivity contribution in [3.8, 4) is 22.3 Å². The second-order valence-electron chi connectivity index (χ2n) is 10.9. The van der Waals surface area contributed by atoms with Gasteiger partial charge in [-0.1, -0.05) is 60.7 Å². The Bertz CT molecular complexity index is 2170. The molecule has 0 bridgehead atoms. The Morgan fingerprint density at radius 1 is 0.571 bits per heavy atom. The first-order valence-corrected chi connectivity index (χ1v) is 14.2. The predicted molar refractivity (Wildman–Crippen MR) is 175 cm³/mol. The number of aromatic nitrogens is 3. The van der Waals surface area contributed by atoms with E-state index >= 15 is 0 Å². The minimum absolute atomic E-state index is 0.805. The van der Waals surface area contributed by atoms with E-state index in [-0.39, 0.29) is 0 Å². The zero-order valence-electron chi connectivity index (χ0n) is 23.3. The number of fused-ring (bicyclic) bond motifs is 5. The molecule has 3 aromatic heterocycles. The number of hydrogen-bond acceptors (Lipinski definition) is 3. The smallest absolute Gasteiger partial charge is 0.0568 e. The molecule has 4 heterocycles. The third-order valence-corrected chi connectivity index (χ3v) is 8.47. The monoisotopic (exact) mass is 540 g/mol. The number of rotatable bonds is 4. The number of nitrogens with zero attached hydrogens (tertiary/aromatic N) is 3. The van der Waals surface area contributed by atoms with Crippen LogP contribution < -0.4 is 5.32 Å². The molecule has 0 aliphatic carbocycles. The standard InChI is InChI=1S/C38H28N4/c1-42-37-22-30(33-21-32(23-41-24-33)28-14-18-40-19-15-28)7-10-35(37)36-11-8-31-20-29(6-9-34(31)38(36)42)26-4-2-25(3-5-26)27-12-16-39-17-13-27/h2-23,41H,24H2,1H3. The fraction of sp³-hybridized carbons (Fsp3) is 0.0526. The van der Waals surface area contributed by atoms with Gasteiger partial charge in [0.15, 0.2) is 0 Å². The molecule has 1 aliphatic heterocycles. The van der Waals surface area contributed by atoms with Crippen molar-refractivity contribution in [2.24, 2.45) is 7.05 Å². The molecule has 0 saturated heterocycles. The van der Waals surface area contributed by atoms with Gasteiger partial charge in [0, 0.05) is 66.3 Å². The van der Waals surface area contributed by atoms with Gasteiger partial charge in [0.25, 0.3) is 0 Å². The Balaban J connectivity index is 1.18. The van der Waals surface area contributed by atoms with E-state index in [1.165, 1.54) is 71.5 Å². The van der Waals surface area contributed by atoms with Crippen molar-refractivity contribution in [2.75, 3.05) is 6.54 Å². The molecule has 0 atom stereocenters. The third-order valence-electron chi connectivity index (χ3n) is 8.47. The van der Waals surface area contributed by atoms with Gasteiger partial charge in [-0.15, -0.1) is 0 Å². The van der Waals surface area contributed by atoms with Crippen LogP contribution in [-0.4, -0.2) is 21.1 Å². The molecule has 42 heavy (non-hydrogen) atoms. The Labute approximate surface area is 244 Å². The largest absolute Gasteiger partial charge is 0.386 e. The molecule has 200 valence electrons. The minimum atomic E-state index is 0.805. The van der Waals surface area contributed by atoms with Crippen LogP contribution in [0.4, 0.5) is 0 Å². The van der Waals surface area contributed by atoms with Crippen LogP contribution in [0, 0.1) is 0 Å². The van der Waals surface area contributed by atoms with Crippen molar-refractivity contribution in [2.45, 2.75) is 0 Å². The summed E-state index contributed by atoms with van der Waals surface area (Å²) in [5.74, 6) is 0. The van der Waals surface area contributed by atoms with E-state index in [1.54, 1.807) is 0 Å². The predicted octanol–water partition coefficient (Wildman–Crippen LogP) is 8.64. The molecular weight excluding hydrogens is 512 g/mol. The zero-order valence-corrected chi connectivity index (χ0v) is 23.3. The molecule has 7 aromatic rings. The summed E-state index contributed by atoms with van der Waals surface area (Å²) in [5, 5.41) is 8.55. The van der Waals surface area contributed by atoms with Crippen molar-refractivity contribution in [3.05, 3.63) is 145 Å². The zero-order chi connectivity index (χ0) is 28.0. The molecule has 0 unspecified atom stereocenters. The highest BCUT2D eigenvalue weighted by Crippen LogP contribution is 2.37. The van der Waals surface area contributed by atoms with Gasteiger partial charge in [-0.2, -0.15) is 0 Å². The number of allylic oxidation sites excluding steroid dienone is 2. The molecule has 4 nitrogen and oxygen atoms in total. The first-order valence-electron chi connectivity index (χ1n) is 14.2. The van der Waals surface area contributed by atoms with Crippen LogP contribution in [-0.2, 0) is 7.05 Å². The molecule has 0 saturated carbocycles. The van der Waals surface area contributed by atoms with Gasteiger partial charge in [0.1, 0.15) is 0 Å². The van der Waals surface area contributed by atoms with Gasteiger partial charge in [0.2, 0.25) is 0 Å². The molecule has 0 amide bonds. The van der Waals surface area contributed by atoms with Gasteiger partial charge in [-0.25, -0.2) is 0 Å². The minimum Gasteiger partial charge on any atom is -0.386 e. The maximum Gasteiger partial charge on any atom is 0.0568 e. The van der Waals surface area contributed by atoms with Crippen molar-refractivity contribution in [1.82, 2.24) is 19.9 Å². The number of hydrogen-bond donors (Lipinski definition) is 1. The molecule has 0 spiro atoms. The van der Waals surface area contributed by atoms with Gasteiger partial charge in [-0.05, 0) is 92.4 Å². The highest BCUT2D eigenvalue weighted by molar-refractivity contribution is 6.18. The van der Waals surface area contributed by atoms with Crippen LogP contribution >= 0.6 is 0 Å². The molecular formula is C38H28N4. The van der Waals surface area contributed by atoms with Crippen molar-refractivity contribution >= 4 is 43.7 Å². The third kappa shape index (κ3) is 4.08. The molecule has 1 aliphatic rings. The van der Waals surface area contributed by atoms with Crippen molar-refractivity contribution in [1.29, 1.82) is 0 Å². The second kappa shape index (κ2) is 9.86. The van der Waals surface area contributed by atoms with Crippen molar-refractivity contribution < 1.29 is 0 Å². The maximum absolute atomic E-state index is 4.16. The summed E-state index contributed by atoms with van der Waals surface area (Å²) in [6, 6.07) is 35.2. The SMILES string of the molecule is Cn1c2cc(C3=CC(c4ccncc4)=CNC3)ccc2c2ccc3cc(-c4ccc(-c5ccncc5)cc4)ccc3c21. The van der Waals surface area contributed by atoms with E-state index in [4.69, 9.17) is 0 Å². The fourth-order valence-electron chi connectivity index (χ4n) is 6.28. The topological polar surface area (TPSA) is 42.7 Å². The molecule has 8 rings (SSSR count). The van der Waals surface area contributed by atoms with Crippen LogP contribution in [0.5, 0.6) is 0 Å². The summed E-state index contributed by atoms with van der Waals surface area (Å²) in [6.45, 7) is 0.805. The molecule has 0 fully saturated rings.